The molecule has 1 rings (SSSR count). The first kappa shape index (κ1) is 23.2. The van der Waals surface area contributed by atoms with Crippen molar-refractivity contribution in [3.63, 3.8) is 0 Å². The van der Waals surface area contributed by atoms with Crippen LogP contribution in [0.2, 0.25) is 0 Å². The number of likely N-dealkylation sites (N-methyl/N-ethyl adjacent to an activating group) is 1. The minimum atomic E-state index is 0. The summed E-state index contributed by atoms with van der Waals surface area (Å²) in [4.78, 5) is 6.60. The van der Waals surface area contributed by atoms with Gasteiger partial charge in [0.2, 0.25) is 0 Å². The number of aromatic nitrogens is 2. The summed E-state index contributed by atoms with van der Waals surface area (Å²) >= 11 is 0. The van der Waals surface area contributed by atoms with Gasteiger partial charge in [-0.2, -0.15) is 5.10 Å². The van der Waals surface area contributed by atoms with Gasteiger partial charge in [0.15, 0.2) is 5.96 Å². The fraction of sp³-hybridized carbons (Fsp3) is 0.765. The van der Waals surface area contributed by atoms with Crippen molar-refractivity contribution in [2.75, 3.05) is 27.7 Å². The first-order valence-corrected chi connectivity index (χ1v) is 8.36. The number of guanidine groups is 1. The third kappa shape index (κ3) is 6.96. The molecule has 1 atom stereocenters. The van der Waals surface area contributed by atoms with Crippen molar-refractivity contribution in [2.45, 2.75) is 46.7 Å². The van der Waals surface area contributed by atoms with E-state index in [-0.39, 0.29) is 24.0 Å². The number of rotatable bonds is 7. The summed E-state index contributed by atoms with van der Waals surface area (Å²) in [5.74, 6) is 1.52. The Morgan fingerprint density at radius 3 is 2.29 bits per heavy atom. The van der Waals surface area contributed by atoms with Gasteiger partial charge in [-0.15, -0.1) is 24.0 Å². The van der Waals surface area contributed by atoms with E-state index in [1.807, 2.05) is 25.7 Å². The van der Waals surface area contributed by atoms with Gasteiger partial charge in [0, 0.05) is 44.5 Å². The minimum Gasteiger partial charge on any atom is -0.355 e. The van der Waals surface area contributed by atoms with E-state index >= 15 is 0 Å². The second-order valence-corrected chi connectivity index (χ2v) is 6.83. The molecule has 0 aliphatic carbocycles. The molecule has 2 N–H and O–H groups in total. The van der Waals surface area contributed by atoms with Crippen LogP contribution in [0.25, 0.3) is 0 Å². The molecule has 0 aromatic carbocycles. The summed E-state index contributed by atoms with van der Waals surface area (Å²) in [6.07, 6.45) is 1.16. The van der Waals surface area contributed by atoms with Crippen LogP contribution in [0.5, 0.6) is 0 Å². The molecule has 0 fully saturated rings. The Hall–Kier alpha value is -0.830. The quantitative estimate of drug-likeness (QED) is 0.380. The zero-order valence-corrected chi connectivity index (χ0v) is 18.8. The highest BCUT2D eigenvalue weighted by Gasteiger charge is 2.14. The van der Waals surface area contributed by atoms with Gasteiger partial charge in [0.25, 0.3) is 0 Å². The largest absolute Gasteiger partial charge is 0.355 e. The van der Waals surface area contributed by atoms with Crippen LogP contribution in [0.4, 0.5) is 0 Å². The third-order valence-electron chi connectivity index (χ3n) is 4.29. The first-order chi connectivity index (χ1) is 10.8. The van der Waals surface area contributed by atoms with Crippen molar-refractivity contribution in [3.8, 4) is 0 Å². The molecular weight excluding hydrogens is 415 g/mol. The van der Waals surface area contributed by atoms with E-state index in [0.717, 1.165) is 31.2 Å². The van der Waals surface area contributed by atoms with Gasteiger partial charge in [0.1, 0.15) is 0 Å². The van der Waals surface area contributed by atoms with Crippen molar-refractivity contribution < 1.29 is 0 Å². The van der Waals surface area contributed by atoms with E-state index in [2.05, 4.69) is 60.5 Å². The van der Waals surface area contributed by atoms with Crippen LogP contribution in [0.15, 0.2) is 4.99 Å². The summed E-state index contributed by atoms with van der Waals surface area (Å²) in [5.41, 5.74) is 3.50. The molecule has 0 bridgehead atoms. The smallest absolute Gasteiger partial charge is 0.191 e. The van der Waals surface area contributed by atoms with Crippen LogP contribution < -0.4 is 10.6 Å². The highest BCUT2D eigenvalue weighted by Crippen LogP contribution is 2.11. The van der Waals surface area contributed by atoms with Gasteiger partial charge in [-0.25, -0.2) is 0 Å². The van der Waals surface area contributed by atoms with Crippen molar-refractivity contribution in [3.05, 3.63) is 17.0 Å². The fourth-order valence-corrected chi connectivity index (χ4v) is 2.70. The Balaban J connectivity index is 0.00000529. The number of hydrogen-bond acceptors (Lipinski definition) is 3. The maximum Gasteiger partial charge on any atom is 0.191 e. The Labute approximate surface area is 164 Å². The standard InChI is InChI=1S/C17H34N6.HI/c1-12(2)9-15(22(6)7)10-19-17(18-5)20-11-16-13(3)21-23(8)14(16)4;/h12,15H,9-11H2,1-8H3,(H2,18,19,20);1H. The lowest BCUT2D eigenvalue weighted by Gasteiger charge is -2.27. The zero-order valence-electron chi connectivity index (χ0n) is 16.5. The van der Waals surface area contributed by atoms with Crippen LogP contribution >= 0.6 is 24.0 Å². The predicted octanol–water partition coefficient (Wildman–Crippen LogP) is 2.30. The molecule has 0 radical (unpaired) electrons. The SMILES string of the molecule is CN=C(NCc1c(C)nn(C)c1C)NCC(CC(C)C)N(C)C.I. The molecule has 7 heteroatoms. The molecule has 140 valence electrons. The Morgan fingerprint density at radius 1 is 1.25 bits per heavy atom. The highest BCUT2D eigenvalue weighted by molar-refractivity contribution is 14.0. The van der Waals surface area contributed by atoms with E-state index in [4.69, 9.17) is 0 Å². The number of halogens is 1. The summed E-state index contributed by atoms with van der Waals surface area (Å²) < 4.78 is 1.92. The van der Waals surface area contributed by atoms with Gasteiger partial charge in [-0.1, -0.05) is 13.8 Å². The number of nitrogens with one attached hydrogen (secondary N) is 2. The molecular formula is C17H35IN6. The van der Waals surface area contributed by atoms with Crippen LogP contribution in [-0.2, 0) is 13.6 Å². The molecule has 0 spiro atoms. The van der Waals surface area contributed by atoms with E-state index in [1.54, 1.807) is 0 Å². The van der Waals surface area contributed by atoms with Gasteiger partial charge >= 0.3 is 0 Å². The van der Waals surface area contributed by atoms with Crippen molar-refractivity contribution in [1.82, 2.24) is 25.3 Å². The second kappa shape index (κ2) is 10.9. The van der Waals surface area contributed by atoms with E-state index in [0.29, 0.717) is 12.0 Å². The van der Waals surface area contributed by atoms with Crippen molar-refractivity contribution in [1.29, 1.82) is 0 Å². The Bertz CT molecular complexity index is 521. The number of aliphatic imine (C=N–C) groups is 1. The summed E-state index contributed by atoms with van der Waals surface area (Å²) in [5, 5.41) is 11.3. The maximum absolute atomic E-state index is 4.45. The van der Waals surface area contributed by atoms with Crippen molar-refractivity contribution >= 4 is 29.9 Å². The molecule has 6 nitrogen and oxygen atoms in total. The number of nitrogens with zero attached hydrogens (tertiary/aromatic N) is 4. The molecule has 0 saturated heterocycles. The van der Waals surface area contributed by atoms with Gasteiger partial charge < -0.3 is 15.5 Å². The third-order valence-corrected chi connectivity index (χ3v) is 4.29. The topological polar surface area (TPSA) is 57.5 Å². The number of hydrogen-bond donors (Lipinski definition) is 2. The zero-order chi connectivity index (χ0) is 17.6. The van der Waals surface area contributed by atoms with Crippen LogP contribution in [0.1, 0.15) is 37.2 Å². The Morgan fingerprint density at radius 2 is 1.88 bits per heavy atom. The molecule has 0 aliphatic rings. The molecule has 1 aromatic rings. The van der Waals surface area contributed by atoms with E-state index < -0.39 is 0 Å². The molecule has 0 aliphatic heterocycles. The average Bonchev–Trinajstić information content (AvgIpc) is 2.71. The number of aryl methyl sites for hydroxylation is 2. The fourth-order valence-electron chi connectivity index (χ4n) is 2.70. The predicted molar refractivity (Wildman–Crippen MR) is 113 cm³/mol. The summed E-state index contributed by atoms with van der Waals surface area (Å²) in [6, 6.07) is 0.496. The van der Waals surface area contributed by atoms with Crippen molar-refractivity contribution in [2.24, 2.45) is 18.0 Å². The Kier molecular flexibility index (Phi) is 10.5. The average molecular weight is 450 g/mol. The molecule has 0 amide bonds. The molecule has 0 saturated carbocycles. The van der Waals surface area contributed by atoms with Crippen LogP contribution in [-0.4, -0.2) is 54.4 Å². The summed E-state index contributed by atoms with van der Waals surface area (Å²) in [7, 11) is 8.05. The minimum absolute atomic E-state index is 0. The van der Waals surface area contributed by atoms with Gasteiger partial charge in [0.05, 0.1) is 5.69 Å². The monoisotopic (exact) mass is 450 g/mol. The highest BCUT2D eigenvalue weighted by atomic mass is 127. The lowest BCUT2D eigenvalue weighted by molar-refractivity contribution is 0.254. The molecule has 24 heavy (non-hydrogen) atoms. The van der Waals surface area contributed by atoms with Crippen LogP contribution in [0.3, 0.4) is 0 Å². The lowest BCUT2D eigenvalue weighted by atomic mass is 10.0. The van der Waals surface area contributed by atoms with Gasteiger partial charge in [-0.05, 0) is 40.3 Å². The summed E-state index contributed by atoms with van der Waals surface area (Å²) in [6.45, 7) is 10.3. The first-order valence-electron chi connectivity index (χ1n) is 8.36. The van der Waals surface area contributed by atoms with Crippen LogP contribution in [0, 0.1) is 19.8 Å². The molecule has 1 unspecified atom stereocenters. The van der Waals surface area contributed by atoms with E-state index in [9.17, 15) is 0 Å². The maximum atomic E-state index is 4.45. The van der Waals surface area contributed by atoms with E-state index in [1.165, 1.54) is 11.3 Å². The lowest BCUT2D eigenvalue weighted by Crippen LogP contribution is -2.45. The van der Waals surface area contributed by atoms with Gasteiger partial charge in [-0.3, -0.25) is 9.67 Å². The normalized spacial score (nSPS) is 13.2. The second-order valence-electron chi connectivity index (χ2n) is 6.83. The molecule has 1 aromatic heterocycles. The molecule has 1 heterocycles.